The lowest BCUT2D eigenvalue weighted by Gasteiger charge is -2.16. The molecule has 1 aliphatic rings. The van der Waals surface area contributed by atoms with Gasteiger partial charge in [-0.3, -0.25) is 4.79 Å². The zero-order valence-electron chi connectivity index (χ0n) is 15.7. The Hall–Kier alpha value is -2.15. The lowest BCUT2D eigenvalue weighted by molar-refractivity contribution is -0.120. The molecule has 2 aromatic rings. The monoisotopic (exact) mass is 375 g/mol. The second-order valence-electron chi connectivity index (χ2n) is 7.01. The SMILES string of the molecule is CCC(CC)C(=O)Nc1c2c(nn1-c1ccc(C)cc1C)CS(=O)(=O)C2. The maximum absolute atomic E-state index is 12.7. The summed E-state index contributed by atoms with van der Waals surface area (Å²) in [6.07, 6.45) is 1.47. The fourth-order valence-electron chi connectivity index (χ4n) is 3.47. The fourth-order valence-corrected chi connectivity index (χ4v) is 4.96. The number of aromatic nitrogens is 2. The molecule has 0 saturated heterocycles. The molecule has 1 N–H and O–H groups in total. The standard InChI is InChI=1S/C19H25N3O3S/c1-5-14(6-2)19(23)20-18-15-10-26(24,25)11-16(15)21-22(18)17-8-7-12(3)9-13(17)4/h7-9,14H,5-6,10-11H2,1-4H3,(H,20,23). The first-order valence-electron chi connectivity index (χ1n) is 8.95. The first kappa shape index (κ1) is 18.6. The summed E-state index contributed by atoms with van der Waals surface area (Å²) in [6.45, 7) is 7.95. The average Bonchev–Trinajstić information content (AvgIpc) is 3.02. The number of anilines is 1. The second-order valence-corrected chi connectivity index (χ2v) is 9.08. The van der Waals surface area contributed by atoms with E-state index in [1.807, 2.05) is 45.9 Å². The van der Waals surface area contributed by atoms with E-state index in [1.165, 1.54) is 0 Å². The Morgan fingerprint density at radius 2 is 1.92 bits per heavy atom. The molecule has 0 radical (unpaired) electrons. The predicted molar refractivity (Wildman–Crippen MR) is 102 cm³/mol. The minimum Gasteiger partial charge on any atom is -0.310 e. The van der Waals surface area contributed by atoms with Crippen LogP contribution in [0.2, 0.25) is 0 Å². The van der Waals surface area contributed by atoms with Gasteiger partial charge in [0.25, 0.3) is 0 Å². The second kappa shape index (κ2) is 6.87. The highest BCUT2D eigenvalue weighted by atomic mass is 32.2. The molecule has 0 spiro atoms. The van der Waals surface area contributed by atoms with Crippen molar-refractivity contribution in [1.82, 2.24) is 9.78 Å². The molecule has 0 aliphatic carbocycles. The molecule has 7 heteroatoms. The molecular weight excluding hydrogens is 350 g/mol. The van der Waals surface area contributed by atoms with Crippen molar-refractivity contribution in [2.45, 2.75) is 52.0 Å². The molecule has 0 fully saturated rings. The maximum atomic E-state index is 12.7. The van der Waals surface area contributed by atoms with Gasteiger partial charge in [-0.2, -0.15) is 5.10 Å². The van der Waals surface area contributed by atoms with E-state index >= 15 is 0 Å². The van der Waals surface area contributed by atoms with E-state index in [4.69, 9.17) is 0 Å². The van der Waals surface area contributed by atoms with Gasteiger partial charge < -0.3 is 5.32 Å². The van der Waals surface area contributed by atoms with Gasteiger partial charge in [0.2, 0.25) is 5.91 Å². The molecular formula is C19H25N3O3S. The Balaban J connectivity index is 2.10. The van der Waals surface area contributed by atoms with Crippen LogP contribution in [0.4, 0.5) is 5.82 Å². The molecule has 1 aliphatic heterocycles. The topological polar surface area (TPSA) is 81.1 Å². The third-order valence-electron chi connectivity index (χ3n) is 4.97. The van der Waals surface area contributed by atoms with Gasteiger partial charge in [-0.1, -0.05) is 31.5 Å². The Morgan fingerprint density at radius 1 is 1.23 bits per heavy atom. The van der Waals surface area contributed by atoms with Crippen LogP contribution >= 0.6 is 0 Å². The highest BCUT2D eigenvalue weighted by Gasteiger charge is 2.34. The molecule has 0 saturated carbocycles. The van der Waals surface area contributed by atoms with Gasteiger partial charge in [-0.25, -0.2) is 13.1 Å². The van der Waals surface area contributed by atoms with Crippen molar-refractivity contribution in [3.8, 4) is 5.69 Å². The summed E-state index contributed by atoms with van der Waals surface area (Å²) in [5, 5.41) is 7.50. The van der Waals surface area contributed by atoms with Crippen molar-refractivity contribution in [2.75, 3.05) is 5.32 Å². The minimum absolute atomic E-state index is 0.0753. The summed E-state index contributed by atoms with van der Waals surface area (Å²) in [5.74, 6) is 0.143. The molecule has 140 valence electrons. The number of hydrogen-bond acceptors (Lipinski definition) is 4. The molecule has 0 unspecified atom stereocenters. The van der Waals surface area contributed by atoms with Gasteiger partial charge in [-0.15, -0.1) is 0 Å². The average molecular weight is 375 g/mol. The third-order valence-corrected chi connectivity index (χ3v) is 6.41. The van der Waals surface area contributed by atoms with Crippen molar-refractivity contribution in [3.05, 3.63) is 40.6 Å². The fraction of sp³-hybridized carbons (Fsp3) is 0.474. The Bertz CT molecular complexity index is 957. The molecule has 1 amide bonds. The van der Waals surface area contributed by atoms with E-state index in [0.717, 1.165) is 29.7 Å². The van der Waals surface area contributed by atoms with Gasteiger partial charge >= 0.3 is 0 Å². The summed E-state index contributed by atoms with van der Waals surface area (Å²) in [4.78, 5) is 12.7. The number of carbonyl (C=O) groups excluding carboxylic acids is 1. The number of sulfone groups is 1. The van der Waals surface area contributed by atoms with E-state index in [9.17, 15) is 13.2 Å². The van der Waals surface area contributed by atoms with Crippen LogP contribution < -0.4 is 5.32 Å². The van der Waals surface area contributed by atoms with Crippen LogP contribution in [0.15, 0.2) is 18.2 Å². The summed E-state index contributed by atoms with van der Waals surface area (Å²) in [5.41, 5.74) is 4.15. The Labute approximate surface area is 154 Å². The number of nitrogens with zero attached hydrogens (tertiary/aromatic N) is 2. The first-order valence-corrected chi connectivity index (χ1v) is 10.8. The largest absolute Gasteiger partial charge is 0.310 e. The number of fused-ring (bicyclic) bond motifs is 1. The molecule has 1 aromatic heterocycles. The quantitative estimate of drug-likeness (QED) is 0.869. The number of hydrogen-bond donors (Lipinski definition) is 1. The highest BCUT2D eigenvalue weighted by molar-refractivity contribution is 7.90. The lowest BCUT2D eigenvalue weighted by atomic mass is 10.0. The van der Waals surface area contributed by atoms with Crippen molar-refractivity contribution >= 4 is 21.6 Å². The molecule has 3 rings (SSSR count). The molecule has 0 bridgehead atoms. The smallest absolute Gasteiger partial charge is 0.228 e. The van der Waals surface area contributed by atoms with E-state index in [0.29, 0.717) is 17.1 Å². The number of benzene rings is 1. The number of nitrogens with one attached hydrogen (secondary N) is 1. The summed E-state index contributed by atoms with van der Waals surface area (Å²) >= 11 is 0. The molecule has 26 heavy (non-hydrogen) atoms. The highest BCUT2D eigenvalue weighted by Crippen LogP contribution is 2.34. The van der Waals surface area contributed by atoms with E-state index in [1.54, 1.807) is 4.68 Å². The number of aryl methyl sites for hydroxylation is 2. The molecule has 1 aromatic carbocycles. The summed E-state index contributed by atoms with van der Waals surface area (Å²) in [6, 6.07) is 5.98. The molecule has 2 heterocycles. The van der Waals surface area contributed by atoms with Crippen molar-refractivity contribution in [1.29, 1.82) is 0 Å². The summed E-state index contributed by atoms with van der Waals surface area (Å²) < 4.78 is 25.7. The van der Waals surface area contributed by atoms with E-state index in [2.05, 4.69) is 10.4 Å². The predicted octanol–water partition coefficient (Wildman–Crippen LogP) is 3.29. The van der Waals surface area contributed by atoms with Crippen LogP contribution in [-0.2, 0) is 26.1 Å². The zero-order valence-corrected chi connectivity index (χ0v) is 16.5. The molecule has 6 nitrogen and oxygen atoms in total. The van der Waals surface area contributed by atoms with Crippen LogP contribution in [0.1, 0.15) is 49.1 Å². The van der Waals surface area contributed by atoms with Crippen LogP contribution in [0.3, 0.4) is 0 Å². The number of rotatable bonds is 5. The van der Waals surface area contributed by atoms with Gasteiger partial charge in [0.1, 0.15) is 5.82 Å². The van der Waals surface area contributed by atoms with Crippen LogP contribution in [0.25, 0.3) is 5.69 Å². The van der Waals surface area contributed by atoms with Gasteiger partial charge in [0, 0.05) is 11.5 Å². The first-order chi connectivity index (χ1) is 12.3. The van der Waals surface area contributed by atoms with Crippen LogP contribution in [-0.4, -0.2) is 24.1 Å². The van der Waals surface area contributed by atoms with Crippen LogP contribution in [0, 0.1) is 19.8 Å². The Morgan fingerprint density at radius 3 is 2.54 bits per heavy atom. The lowest BCUT2D eigenvalue weighted by Crippen LogP contribution is -2.24. The van der Waals surface area contributed by atoms with Crippen molar-refractivity contribution in [3.63, 3.8) is 0 Å². The van der Waals surface area contributed by atoms with Gasteiger partial charge in [-0.05, 0) is 38.3 Å². The van der Waals surface area contributed by atoms with Crippen molar-refractivity contribution in [2.24, 2.45) is 5.92 Å². The zero-order chi connectivity index (χ0) is 19.1. The van der Waals surface area contributed by atoms with Crippen molar-refractivity contribution < 1.29 is 13.2 Å². The third kappa shape index (κ3) is 3.40. The van der Waals surface area contributed by atoms with Gasteiger partial charge in [0.15, 0.2) is 9.84 Å². The number of carbonyl (C=O) groups is 1. The summed E-state index contributed by atoms with van der Waals surface area (Å²) in [7, 11) is -3.19. The normalized spacial score (nSPS) is 15.3. The molecule has 0 atom stereocenters. The number of amides is 1. The van der Waals surface area contributed by atoms with Crippen LogP contribution in [0.5, 0.6) is 0 Å². The minimum atomic E-state index is -3.19. The van der Waals surface area contributed by atoms with E-state index in [-0.39, 0.29) is 23.3 Å². The van der Waals surface area contributed by atoms with Gasteiger partial charge in [0.05, 0.1) is 22.9 Å². The van der Waals surface area contributed by atoms with E-state index < -0.39 is 9.84 Å². The maximum Gasteiger partial charge on any atom is 0.228 e. The Kier molecular flexibility index (Phi) is 4.92.